The number of thioether (sulfide) groups is 1. The number of nitrogens with zero attached hydrogens (tertiary/aromatic N) is 3. The largest absolute Gasteiger partial charge is 0.464 e. The number of amides is 2. The Morgan fingerprint density at radius 2 is 2.07 bits per heavy atom. The van der Waals surface area contributed by atoms with Crippen molar-refractivity contribution < 1.29 is 19.1 Å². The normalized spacial score (nSPS) is 15.1. The molecule has 4 rings (SSSR count). The number of ether oxygens (including phenoxy) is 1. The van der Waals surface area contributed by atoms with Gasteiger partial charge in [-0.25, -0.2) is 14.8 Å². The monoisotopic (exact) mass is 442 g/mol. The minimum absolute atomic E-state index is 0.195. The number of aryl methyl sites for hydroxylation is 1. The zero-order chi connectivity index (χ0) is 21.4. The van der Waals surface area contributed by atoms with Crippen molar-refractivity contribution in [2.45, 2.75) is 13.5 Å². The van der Waals surface area contributed by atoms with E-state index in [9.17, 15) is 14.4 Å². The molecule has 0 saturated carbocycles. The number of carbonyl (C=O) groups is 3. The van der Waals surface area contributed by atoms with E-state index in [4.69, 9.17) is 16.3 Å². The van der Waals surface area contributed by atoms with Crippen molar-refractivity contribution in [3.63, 3.8) is 0 Å². The number of imidazole rings is 1. The molecule has 2 aromatic heterocycles. The van der Waals surface area contributed by atoms with E-state index < -0.39 is 17.1 Å². The number of nitrogens with one attached hydrogen (secondary N) is 1. The van der Waals surface area contributed by atoms with Crippen LogP contribution in [0, 0.1) is 6.92 Å². The van der Waals surface area contributed by atoms with Gasteiger partial charge in [0.05, 0.1) is 18.6 Å². The van der Waals surface area contributed by atoms with E-state index in [0.29, 0.717) is 33.2 Å². The lowest BCUT2D eigenvalue weighted by Crippen LogP contribution is -2.17. The van der Waals surface area contributed by atoms with E-state index in [1.807, 2.05) is 23.6 Å². The van der Waals surface area contributed by atoms with Gasteiger partial charge >= 0.3 is 5.97 Å². The molecule has 30 heavy (non-hydrogen) atoms. The summed E-state index contributed by atoms with van der Waals surface area (Å²) in [7, 11) is 1.30. The van der Waals surface area contributed by atoms with Gasteiger partial charge in [0.1, 0.15) is 11.3 Å². The number of methoxy groups -OCH3 is 1. The third-order valence-electron chi connectivity index (χ3n) is 4.52. The van der Waals surface area contributed by atoms with E-state index >= 15 is 0 Å². The predicted octanol–water partition coefficient (Wildman–Crippen LogP) is 3.55. The lowest BCUT2D eigenvalue weighted by molar-refractivity contribution is -0.115. The lowest BCUT2D eigenvalue weighted by atomic mass is 10.1. The van der Waals surface area contributed by atoms with Gasteiger partial charge in [0.15, 0.2) is 11.3 Å². The van der Waals surface area contributed by atoms with Gasteiger partial charge in [0.2, 0.25) is 0 Å². The van der Waals surface area contributed by atoms with Crippen LogP contribution >= 0.6 is 23.4 Å². The lowest BCUT2D eigenvalue weighted by Gasteiger charge is -2.10. The number of benzene rings is 1. The number of imide groups is 1. The van der Waals surface area contributed by atoms with Gasteiger partial charge in [-0.1, -0.05) is 23.7 Å². The highest BCUT2D eigenvalue weighted by Gasteiger charge is 2.25. The number of hydrogen-bond donors (Lipinski definition) is 1. The second-order valence-corrected chi connectivity index (χ2v) is 7.90. The van der Waals surface area contributed by atoms with E-state index in [0.717, 1.165) is 23.1 Å². The van der Waals surface area contributed by atoms with Crippen LogP contribution in [-0.4, -0.2) is 38.8 Å². The van der Waals surface area contributed by atoms with Gasteiger partial charge in [-0.15, -0.1) is 0 Å². The van der Waals surface area contributed by atoms with Gasteiger partial charge in [0.25, 0.3) is 11.1 Å². The van der Waals surface area contributed by atoms with Crippen molar-refractivity contribution >= 4 is 57.7 Å². The van der Waals surface area contributed by atoms with Crippen LogP contribution in [0.5, 0.6) is 0 Å². The van der Waals surface area contributed by atoms with E-state index in [1.54, 1.807) is 24.3 Å². The van der Waals surface area contributed by atoms with Gasteiger partial charge in [-0.2, -0.15) is 0 Å². The summed E-state index contributed by atoms with van der Waals surface area (Å²) >= 11 is 7.32. The average Bonchev–Trinajstić information content (AvgIpc) is 3.20. The molecule has 152 valence electrons. The summed E-state index contributed by atoms with van der Waals surface area (Å²) in [6, 6.07) is 8.67. The molecule has 1 saturated heterocycles. The highest BCUT2D eigenvalue weighted by molar-refractivity contribution is 8.18. The molecule has 1 N–H and O–H groups in total. The maximum atomic E-state index is 11.8. The molecular weight excluding hydrogens is 428 g/mol. The number of carbonyl (C=O) groups excluding carboxylic acids is 3. The third-order valence-corrected chi connectivity index (χ3v) is 5.69. The van der Waals surface area contributed by atoms with Crippen molar-refractivity contribution in [1.29, 1.82) is 0 Å². The molecule has 1 fully saturated rings. The molecule has 3 heterocycles. The Hall–Kier alpha value is -3.17. The quantitative estimate of drug-likeness (QED) is 0.486. The van der Waals surface area contributed by atoms with E-state index in [1.165, 1.54) is 7.11 Å². The SMILES string of the molecule is COC(=O)c1ccc2nc(C)n(Cc3ccc(C=C4SC(=O)NC4=O)cc3Cl)c2n1. The van der Waals surface area contributed by atoms with Gasteiger partial charge in [-0.3, -0.25) is 14.9 Å². The summed E-state index contributed by atoms with van der Waals surface area (Å²) < 4.78 is 6.60. The zero-order valence-corrected chi connectivity index (χ0v) is 17.5. The first kappa shape index (κ1) is 20.1. The van der Waals surface area contributed by atoms with Crippen molar-refractivity contribution in [3.05, 3.63) is 62.9 Å². The maximum Gasteiger partial charge on any atom is 0.356 e. The van der Waals surface area contributed by atoms with Crippen LogP contribution in [0.2, 0.25) is 5.02 Å². The Morgan fingerprint density at radius 1 is 1.27 bits per heavy atom. The van der Waals surface area contributed by atoms with Crippen molar-refractivity contribution in [3.8, 4) is 0 Å². The summed E-state index contributed by atoms with van der Waals surface area (Å²) in [6.07, 6.45) is 1.61. The van der Waals surface area contributed by atoms with Gasteiger partial charge in [-0.05, 0) is 54.1 Å². The van der Waals surface area contributed by atoms with Gasteiger partial charge in [0, 0.05) is 5.02 Å². The molecule has 0 unspecified atom stereocenters. The summed E-state index contributed by atoms with van der Waals surface area (Å²) in [4.78, 5) is 44.0. The highest BCUT2D eigenvalue weighted by atomic mass is 35.5. The van der Waals surface area contributed by atoms with Crippen LogP contribution in [0.4, 0.5) is 4.79 Å². The van der Waals surface area contributed by atoms with Crippen LogP contribution in [-0.2, 0) is 16.1 Å². The Kier molecular flexibility index (Phi) is 5.31. The topological polar surface area (TPSA) is 103 Å². The van der Waals surface area contributed by atoms with Crippen LogP contribution < -0.4 is 5.32 Å². The molecule has 2 amide bonds. The minimum Gasteiger partial charge on any atom is -0.464 e. The average molecular weight is 443 g/mol. The summed E-state index contributed by atoms with van der Waals surface area (Å²) in [5.41, 5.74) is 2.92. The number of halogens is 1. The van der Waals surface area contributed by atoms with Crippen molar-refractivity contribution in [2.24, 2.45) is 0 Å². The molecule has 0 aliphatic carbocycles. The minimum atomic E-state index is -0.523. The number of fused-ring (bicyclic) bond motifs is 1. The maximum absolute atomic E-state index is 11.8. The van der Waals surface area contributed by atoms with Crippen LogP contribution in [0.3, 0.4) is 0 Å². The summed E-state index contributed by atoms with van der Waals surface area (Å²) in [5, 5.41) is 2.31. The molecular formula is C20H15ClN4O4S. The first-order chi connectivity index (χ1) is 14.4. The molecule has 0 bridgehead atoms. The second kappa shape index (κ2) is 7.92. The van der Waals surface area contributed by atoms with E-state index in [2.05, 4.69) is 15.3 Å². The van der Waals surface area contributed by atoms with Crippen LogP contribution in [0.1, 0.15) is 27.4 Å². The molecule has 8 nitrogen and oxygen atoms in total. The molecule has 0 spiro atoms. The fourth-order valence-electron chi connectivity index (χ4n) is 3.05. The van der Waals surface area contributed by atoms with E-state index in [-0.39, 0.29) is 5.69 Å². The van der Waals surface area contributed by atoms with Crippen molar-refractivity contribution in [2.75, 3.05) is 7.11 Å². The first-order valence-electron chi connectivity index (χ1n) is 8.81. The number of pyridine rings is 1. The number of aromatic nitrogens is 3. The number of rotatable bonds is 4. The van der Waals surface area contributed by atoms with Gasteiger partial charge < -0.3 is 9.30 Å². The third kappa shape index (κ3) is 3.81. The first-order valence-corrected chi connectivity index (χ1v) is 10.0. The fraction of sp³-hybridized carbons (Fsp3) is 0.150. The molecule has 3 aromatic rings. The molecule has 1 aromatic carbocycles. The molecule has 0 atom stereocenters. The second-order valence-electron chi connectivity index (χ2n) is 6.48. The highest BCUT2D eigenvalue weighted by Crippen LogP contribution is 2.28. The number of esters is 1. The standard InChI is InChI=1S/C20H15ClN4O4S/c1-10-22-14-5-6-15(19(27)29-2)23-17(14)25(10)9-12-4-3-11(7-13(12)21)8-16-18(26)24-20(28)30-16/h3-8H,9H2,1-2H3,(H,24,26,28). The fourth-order valence-corrected chi connectivity index (χ4v) is 3.98. The smallest absolute Gasteiger partial charge is 0.356 e. The molecule has 1 aliphatic heterocycles. The Labute approximate surface area is 180 Å². The van der Waals surface area contributed by atoms with Crippen molar-refractivity contribution in [1.82, 2.24) is 19.9 Å². The Morgan fingerprint density at radius 3 is 2.73 bits per heavy atom. The predicted molar refractivity (Wildman–Crippen MR) is 113 cm³/mol. The summed E-state index contributed by atoms with van der Waals surface area (Å²) in [5.74, 6) is -0.220. The van der Waals surface area contributed by atoms with Crippen LogP contribution in [0.15, 0.2) is 35.2 Å². The Bertz CT molecular complexity index is 1250. The van der Waals surface area contributed by atoms with Crippen LogP contribution in [0.25, 0.3) is 17.2 Å². The Balaban J connectivity index is 1.66. The summed E-state index contributed by atoms with van der Waals surface area (Å²) in [6.45, 7) is 2.24. The zero-order valence-electron chi connectivity index (χ0n) is 15.9. The molecule has 1 aliphatic rings. The molecule has 0 radical (unpaired) electrons. The number of hydrogen-bond acceptors (Lipinski definition) is 7. The molecule has 10 heteroatoms.